The molecule has 4 N–H and O–H groups in total. The highest BCUT2D eigenvalue weighted by Gasteiger charge is 2.24. The van der Waals surface area contributed by atoms with Gasteiger partial charge in [-0.05, 0) is 36.8 Å². The van der Waals surface area contributed by atoms with Crippen molar-refractivity contribution in [1.29, 1.82) is 0 Å². The predicted molar refractivity (Wildman–Crippen MR) is 109 cm³/mol. The fraction of sp³-hybridized carbons (Fsp3) is 0.0526. The summed E-state index contributed by atoms with van der Waals surface area (Å²) in [6.07, 6.45) is 1.36. The molecule has 0 saturated carbocycles. The van der Waals surface area contributed by atoms with Crippen molar-refractivity contribution in [3.63, 3.8) is 0 Å². The molecule has 2 aromatic heterocycles. The second kappa shape index (κ2) is 7.13. The summed E-state index contributed by atoms with van der Waals surface area (Å²) in [6.45, 7) is 1.86. The lowest BCUT2D eigenvalue weighted by Gasteiger charge is -2.12. The molecule has 0 radical (unpaired) electrons. The summed E-state index contributed by atoms with van der Waals surface area (Å²) < 4.78 is 15.7. The van der Waals surface area contributed by atoms with Gasteiger partial charge in [0.15, 0.2) is 5.69 Å². The van der Waals surface area contributed by atoms with Gasteiger partial charge in [0.1, 0.15) is 17.8 Å². The van der Waals surface area contributed by atoms with Gasteiger partial charge in [0.25, 0.3) is 11.8 Å². The van der Waals surface area contributed by atoms with E-state index >= 15 is 0 Å². The maximum Gasteiger partial charge on any atom is 0.277 e. The molecular weight excluding hydrogens is 443 g/mol. The first-order chi connectivity index (χ1) is 13.8. The Morgan fingerprint density at radius 1 is 1.24 bits per heavy atom. The normalized spacial score (nSPS) is 11.0. The number of hydrogen-bond donors (Lipinski definition) is 3. The van der Waals surface area contributed by atoms with E-state index in [9.17, 15) is 14.0 Å². The maximum absolute atomic E-state index is 13.4. The van der Waals surface area contributed by atoms with E-state index in [1.165, 1.54) is 29.1 Å². The molecule has 2 aromatic carbocycles. The minimum absolute atomic E-state index is 0.0367. The van der Waals surface area contributed by atoms with E-state index < -0.39 is 17.6 Å². The van der Waals surface area contributed by atoms with E-state index in [0.717, 1.165) is 10.0 Å². The molecule has 2 heterocycles. The monoisotopic (exact) mass is 456 g/mol. The molecule has 0 spiro atoms. The summed E-state index contributed by atoms with van der Waals surface area (Å²) in [4.78, 5) is 35.9. The minimum atomic E-state index is -0.840. The molecule has 0 fully saturated rings. The highest BCUT2D eigenvalue weighted by Crippen LogP contribution is 2.24. The summed E-state index contributed by atoms with van der Waals surface area (Å²) in [5.74, 6) is -1.82. The standard InChI is InChI=1S/C19H14BrFN6O2/c1-9-2-3-10(20)6-14(9)27-8-23-15(17(22)28)16(27)18(29)26-19-24-12-5-4-11(21)7-13(12)25-19/h2-8H,1H3,(H2,22,28)(H2,24,25,26,29). The molecule has 0 bridgehead atoms. The lowest BCUT2D eigenvalue weighted by molar-refractivity contribution is 0.0970. The van der Waals surface area contributed by atoms with Crippen molar-refractivity contribution >= 4 is 44.7 Å². The maximum atomic E-state index is 13.4. The number of rotatable bonds is 4. The first-order valence-electron chi connectivity index (χ1n) is 8.44. The van der Waals surface area contributed by atoms with Crippen LogP contribution in [-0.4, -0.2) is 31.3 Å². The summed E-state index contributed by atoms with van der Waals surface area (Å²) in [5, 5.41) is 2.58. The zero-order chi connectivity index (χ0) is 20.7. The molecule has 0 atom stereocenters. The molecule has 0 saturated heterocycles. The number of carbonyl (C=O) groups is 2. The first-order valence-corrected chi connectivity index (χ1v) is 9.23. The van der Waals surface area contributed by atoms with Crippen LogP contribution in [0.15, 0.2) is 47.2 Å². The van der Waals surface area contributed by atoms with Crippen LogP contribution in [0.25, 0.3) is 16.7 Å². The molecule has 0 aliphatic carbocycles. The molecule has 4 rings (SSSR count). The molecule has 8 nitrogen and oxygen atoms in total. The lowest BCUT2D eigenvalue weighted by atomic mass is 10.2. The van der Waals surface area contributed by atoms with Crippen molar-refractivity contribution in [3.05, 3.63) is 70.0 Å². The number of amides is 2. The smallest absolute Gasteiger partial charge is 0.277 e. The van der Waals surface area contributed by atoms with Crippen molar-refractivity contribution in [2.24, 2.45) is 5.73 Å². The Hall–Kier alpha value is -3.53. The van der Waals surface area contributed by atoms with E-state index in [2.05, 4.69) is 36.2 Å². The third-order valence-electron chi connectivity index (χ3n) is 4.32. The molecule has 10 heteroatoms. The number of benzene rings is 2. The highest BCUT2D eigenvalue weighted by molar-refractivity contribution is 9.10. The van der Waals surface area contributed by atoms with Crippen molar-refractivity contribution in [2.45, 2.75) is 6.92 Å². The Bertz CT molecular complexity index is 1280. The van der Waals surface area contributed by atoms with E-state index in [4.69, 9.17) is 5.73 Å². The van der Waals surface area contributed by atoms with Crippen LogP contribution in [0, 0.1) is 12.7 Å². The summed E-state index contributed by atoms with van der Waals surface area (Å²) in [5.41, 5.74) is 7.61. The zero-order valence-corrected chi connectivity index (χ0v) is 16.6. The van der Waals surface area contributed by atoms with E-state index in [-0.39, 0.29) is 17.3 Å². The fourth-order valence-electron chi connectivity index (χ4n) is 2.98. The third-order valence-corrected chi connectivity index (χ3v) is 4.82. The molecule has 0 unspecified atom stereocenters. The van der Waals surface area contributed by atoms with Crippen LogP contribution >= 0.6 is 15.9 Å². The van der Waals surface area contributed by atoms with Crippen LogP contribution in [0.1, 0.15) is 26.5 Å². The average Bonchev–Trinajstić information content (AvgIpc) is 3.27. The number of aromatic amines is 1. The minimum Gasteiger partial charge on any atom is -0.364 e. The van der Waals surface area contributed by atoms with Gasteiger partial charge in [0.05, 0.1) is 16.7 Å². The summed E-state index contributed by atoms with van der Waals surface area (Å²) in [6, 6.07) is 9.55. The number of anilines is 1. The van der Waals surface area contributed by atoms with Crippen molar-refractivity contribution in [2.75, 3.05) is 5.32 Å². The highest BCUT2D eigenvalue weighted by atomic mass is 79.9. The predicted octanol–water partition coefficient (Wildman–Crippen LogP) is 3.31. The van der Waals surface area contributed by atoms with Crippen LogP contribution in [0.5, 0.6) is 0 Å². The molecular formula is C19H14BrFN6O2. The number of aromatic nitrogens is 4. The summed E-state index contributed by atoms with van der Waals surface area (Å²) >= 11 is 3.40. The topological polar surface area (TPSA) is 119 Å². The van der Waals surface area contributed by atoms with Gasteiger partial charge in [-0.15, -0.1) is 0 Å². The van der Waals surface area contributed by atoms with Crippen molar-refractivity contribution in [1.82, 2.24) is 19.5 Å². The number of imidazole rings is 2. The van der Waals surface area contributed by atoms with Crippen LogP contribution in [-0.2, 0) is 0 Å². The van der Waals surface area contributed by atoms with Gasteiger partial charge in [0, 0.05) is 10.5 Å². The Balaban J connectivity index is 1.78. The van der Waals surface area contributed by atoms with Gasteiger partial charge < -0.3 is 10.7 Å². The Kier molecular flexibility index (Phi) is 4.63. The number of primary amides is 1. The number of aryl methyl sites for hydroxylation is 1. The quantitative estimate of drug-likeness (QED) is 0.436. The van der Waals surface area contributed by atoms with E-state index in [0.29, 0.717) is 16.7 Å². The van der Waals surface area contributed by atoms with Crippen LogP contribution < -0.4 is 11.1 Å². The summed E-state index contributed by atoms with van der Waals surface area (Å²) in [7, 11) is 0. The second-order valence-electron chi connectivity index (χ2n) is 6.31. The van der Waals surface area contributed by atoms with Gasteiger partial charge in [-0.2, -0.15) is 0 Å². The first kappa shape index (κ1) is 18.8. The number of nitrogens with one attached hydrogen (secondary N) is 2. The largest absolute Gasteiger partial charge is 0.364 e. The number of H-pyrrole nitrogens is 1. The second-order valence-corrected chi connectivity index (χ2v) is 7.22. The number of carbonyl (C=O) groups excluding carboxylic acids is 2. The Labute approximate surface area is 172 Å². The Morgan fingerprint density at radius 2 is 2.03 bits per heavy atom. The third kappa shape index (κ3) is 3.49. The number of nitrogens with two attached hydrogens (primary N) is 1. The molecule has 0 aliphatic rings. The average molecular weight is 457 g/mol. The number of fused-ring (bicyclic) bond motifs is 1. The van der Waals surface area contributed by atoms with Crippen molar-refractivity contribution in [3.8, 4) is 5.69 Å². The molecule has 4 aromatic rings. The fourth-order valence-corrected chi connectivity index (χ4v) is 3.32. The van der Waals surface area contributed by atoms with Gasteiger partial charge in [-0.25, -0.2) is 14.4 Å². The lowest BCUT2D eigenvalue weighted by Crippen LogP contribution is -2.23. The zero-order valence-electron chi connectivity index (χ0n) is 15.0. The van der Waals surface area contributed by atoms with Crippen LogP contribution in [0.2, 0.25) is 0 Å². The molecule has 29 heavy (non-hydrogen) atoms. The van der Waals surface area contributed by atoms with E-state index in [1.54, 1.807) is 6.07 Å². The van der Waals surface area contributed by atoms with Crippen molar-refractivity contribution < 1.29 is 14.0 Å². The molecule has 0 aliphatic heterocycles. The van der Waals surface area contributed by atoms with Gasteiger partial charge in [0.2, 0.25) is 5.95 Å². The van der Waals surface area contributed by atoms with Gasteiger partial charge in [-0.1, -0.05) is 22.0 Å². The SMILES string of the molecule is Cc1ccc(Br)cc1-n1cnc(C(N)=O)c1C(=O)Nc1nc2cc(F)ccc2[nH]1. The van der Waals surface area contributed by atoms with Gasteiger partial charge >= 0.3 is 0 Å². The molecule has 146 valence electrons. The molecule has 2 amide bonds. The number of hydrogen-bond acceptors (Lipinski definition) is 4. The Morgan fingerprint density at radius 3 is 2.79 bits per heavy atom. The van der Waals surface area contributed by atoms with Crippen LogP contribution in [0.4, 0.5) is 10.3 Å². The van der Waals surface area contributed by atoms with Crippen LogP contribution in [0.3, 0.4) is 0 Å². The van der Waals surface area contributed by atoms with E-state index in [1.807, 2.05) is 19.1 Å². The number of nitrogens with zero attached hydrogens (tertiary/aromatic N) is 3. The van der Waals surface area contributed by atoms with Gasteiger partial charge in [-0.3, -0.25) is 19.5 Å². The number of halogens is 2.